The molecule has 3 aromatic rings. The van der Waals surface area contributed by atoms with E-state index in [-0.39, 0.29) is 30.6 Å². The van der Waals surface area contributed by atoms with Gasteiger partial charge in [0.05, 0.1) is 12.4 Å². The molecule has 35 heavy (non-hydrogen) atoms. The molecule has 2 aromatic carbocycles. The number of imidazole rings is 1. The van der Waals surface area contributed by atoms with Gasteiger partial charge in [-0.25, -0.2) is 4.98 Å². The summed E-state index contributed by atoms with van der Waals surface area (Å²) in [6.07, 6.45) is 4.07. The number of aryl methyl sites for hydroxylation is 1. The summed E-state index contributed by atoms with van der Waals surface area (Å²) in [5.41, 5.74) is 3.32. The third kappa shape index (κ3) is 5.63. The topological polar surface area (TPSA) is 109 Å². The van der Waals surface area contributed by atoms with Gasteiger partial charge in [0.25, 0.3) is 11.8 Å². The predicted molar refractivity (Wildman–Crippen MR) is 129 cm³/mol. The number of H-pyrrole nitrogens is 1. The van der Waals surface area contributed by atoms with Crippen LogP contribution in [-0.2, 0) is 17.9 Å². The Labute approximate surface area is 203 Å². The van der Waals surface area contributed by atoms with Crippen molar-refractivity contribution >= 4 is 11.8 Å². The monoisotopic (exact) mass is 475 g/mol. The van der Waals surface area contributed by atoms with Gasteiger partial charge in [0.15, 0.2) is 6.61 Å². The van der Waals surface area contributed by atoms with E-state index < -0.39 is 0 Å². The van der Waals surface area contributed by atoms with Gasteiger partial charge >= 0.3 is 0 Å². The number of aromatic nitrogens is 2. The molecule has 4 heterocycles. The number of likely N-dealkylation sites (tertiary alicyclic amines) is 1. The summed E-state index contributed by atoms with van der Waals surface area (Å²) in [6.45, 7) is 4.36. The van der Waals surface area contributed by atoms with Gasteiger partial charge in [0, 0.05) is 43.6 Å². The van der Waals surface area contributed by atoms with E-state index in [9.17, 15) is 9.59 Å². The van der Waals surface area contributed by atoms with E-state index in [1.54, 1.807) is 18.5 Å². The molecule has 9 heteroatoms. The molecule has 1 saturated heterocycles. The molecule has 1 aromatic heterocycles. The number of hydrogen-bond donors (Lipinski definition) is 3. The number of hydrogen-bond acceptors (Lipinski definition) is 6. The molecule has 6 rings (SSSR count). The fourth-order valence-corrected chi connectivity index (χ4v) is 4.44. The lowest BCUT2D eigenvalue weighted by Crippen LogP contribution is -2.56. The second-order valence-corrected chi connectivity index (χ2v) is 9.03. The summed E-state index contributed by atoms with van der Waals surface area (Å²) in [5.74, 6) is 0.809. The molecule has 2 amide bonds. The number of nitrogens with zero attached hydrogens (tertiary/aromatic N) is 2. The van der Waals surface area contributed by atoms with Crippen LogP contribution in [0.2, 0.25) is 0 Å². The number of benzene rings is 2. The summed E-state index contributed by atoms with van der Waals surface area (Å²) in [5, 5.41) is 6.05. The highest BCUT2D eigenvalue weighted by Crippen LogP contribution is 2.23. The summed E-state index contributed by atoms with van der Waals surface area (Å²) in [4.78, 5) is 35.1. The second kappa shape index (κ2) is 10.2. The molecule has 0 spiro atoms. The van der Waals surface area contributed by atoms with Crippen LogP contribution in [0.15, 0.2) is 55.0 Å². The summed E-state index contributed by atoms with van der Waals surface area (Å²) >= 11 is 0. The number of amides is 2. The molecule has 9 nitrogen and oxygen atoms in total. The van der Waals surface area contributed by atoms with Crippen LogP contribution in [0.5, 0.6) is 11.5 Å². The van der Waals surface area contributed by atoms with E-state index in [2.05, 4.69) is 25.5 Å². The zero-order chi connectivity index (χ0) is 24.2. The van der Waals surface area contributed by atoms with Crippen molar-refractivity contribution in [3.63, 3.8) is 0 Å². The molecular weight excluding hydrogens is 446 g/mol. The zero-order valence-electron chi connectivity index (χ0n) is 19.6. The number of ether oxygens (including phenoxy) is 2. The molecule has 0 radical (unpaired) electrons. The van der Waals surface area contributed by atoms with Crippen molar-refractivity contribution in [1.29, 1.82) is 0 Å². The highest BCUT2D eigenvalue weighted by atomic mass is 16.5. The molecule has 1 fully saturated rings. The van der Waals surface area contributed by atoms with Gasteiger partial charge in [0.1, 0.15) is 17.6 Å². The molecule has 0 unspecified atom stereocenters. The first-order valence-electron chi connectivity index (χ1n) is 11.8. The van der Waals surface area contributed by atoms with Gasteiger partial charge in [-0.15, -0.1) is 0 Å². The van der Waals surface area contributed by atoms with Crippen molar-refractivity contribution in [1.82, 2.24) is 25.5 Å². The summed E-state index contributed by atoms with van der Waals surface area (Å²) in [7, 11) is 0. The van der Waals surface area contributed by atoms with Crippen LogP contribution >= 0.6 is 0 Å². The first-order valence-corrected chi connectivity index (χ1v) is 11.8. The highest BCUT2D eigenvalue weighted by molar-refractivity contribution is 5.95. The molecule has 0 saturated carbocycles. The van der Waals surface area contributed by atoms with Gasteiger partial charge in [-0.3, -0.25) is 14.5 Å². The highest BCUT2D eigenvalue weighted by Gasteiger charge is 2.32. The molecule has 2 atom stereocenters. The minimum atomic E-state index is -0.229. The molecule has 4 bridgehead atoms. The number of rotatable bonds is 2. The number of piperidine rings is 1. The van der Waals surface area contributed by atoms with E-state index in [1.807, 2.05) is 43.5 Å². The Balaban J connectivity index is 1.41. The van der Waals surface area contributed by atoms with E-state index in [0.717, 1.165) is 42.1 Å². The SMILES string of the molecule is Cc1ccc2cc1OCC(=O)NCc1ccc(cc1)O[C@H]1CCN(Cc3cnc[nH]3)C[C@@H]1NC2=O. The molecule has 3 aliphatic rings. The van der Waals surface area contributed by atoms with Crippen molar-refractivity contribution in [3.8, 4) is 11.5 Å². The van der Waals surface area contributed by atoms with E-state index in [4.69, 9.17) is 9.47 Å². The number of carbonyl (C=O) groups is 2. The second-order valence-electron chi connectivity index (χ2n) is 9.03. The minimum Gasteiger partial charge on any atom is -0.488 e. The molecule has 0 aliphatic carbocycles. The molecule has 3 N–H and O–H groups in total. The van der Waals surface area contributed by atoms with Crippen molar-refractivity contribution in [3.05, 3.63) is 77.4 Å². The number of carbonyl (C=O) groups excluding carboxylic acids is 2. The van der Waals surface area contributed by atoms with E-state index in [0.29, 0.717) is 24.4 Å². The van der Waals surface area contributed by atoms with Crippen LogP contribution in [-0.4, -0.2) is 58.5 Å². The van der Waals surface area contributed by atoms with Gasteiger partial charge in [-0.2, -0.15) is 0 Å². The molecule has 3 aliphatic heterocycles. The Bertz CT molecular complexity index is 1180. The fourth-order valence-electron chi connectivity index (χ4n) is 4.44. The predicted octanol–water partition coefficient (Wildman–Crippen LogP) is 2.18. The lowest BCUT2D eigenvalue weighted by molar-refractivity contribution is -0.123. The molecular formula is C26H29N5O4. The fraction of sp³-hybridized carbons (Fsp3) is 0.346. The van der Waals surface area contributed by atoms with Crippen molar-refractivity contribution in [2.24, 2.45) is 0 Å². The average molecular weight is 476 g/mol. The van der Waals surface area contributed by atoms with Gasteiger partial charge < -0.3 is 25.1 Å². The van der Waals surface area contributed by atoms with E-state index in [1.165, 1.54) is 0 Å². The Kier molecular flexibility index (Phi) is 6.67. The quantitative estimate of drug-likeness (QED) is 0.524. The normalized spacial score (nSPS) is 21.2. The first-order chi connectivity index (χ1) is 17.0. The van der Waals surface area contributed by atoms with Crippen LogP contribution in [0.25, 0.3) is 0 Å². The smallest absolute Gasteiger partial charge is 0.258 e. The lowest BCUT2D eigenvalue weighted by atomic mass is 10.0. The maximum atomic E-state index is 13.3. The van der Waals surface area contributed by atoms with Gasteiger partial charge in [0.2, 0.25) is 0 Å². The lowest BCUT2D eigenvalue weighted by Gasteiger charge is -2.38. The van der Waals surface area contributed by atoms with Crippen LogP contribution in [0.4, 0.5) is 0 Å². The Morgan fingerprint density at radius 1 is 1.14 bits per heavy atom. The Morgan fingerprint density at radius 3 is 2.80 bits per heavy atom. The number of aromatic amines is 1. The first kappa shape index (κ1) is 22.9. The number of nitrogens with one attached hydrogen (secondary N) is 3. The summed E-state index contributed by atoms with van der Waals surface area (Å²) in [6, 6.07) is 12.7. The Hall–Kier alpha value is -3.85. The van der Waals surface area contributed by atoms with Crippen LogP contribution in [0, 0.1) is 6.92 Å². The largest absolute Gasteiger partial charge is 0.488 e. The third-order valence-electron chi connectivity index (χ3n) is 6.41. The van der Waals surface area contributed by atoms with Crippen molar-refractivity contribution in [2.45, 2.75) is 38.6 Å². The minimum absolute atomic E-state index is 0.125. The Morgan fingerprint density at radius 2 is 2.00 bits per heavy atom. The standard InChI is InChI=1S/C26H29N5O4/c1-17-2-5-19-10-24(17)34-15-25(32)28-11-18-3-6-21(7-4-18)35-23-8-9-31(13-20-12-27-16-29-20)14-22(23)30-26(19)33/h2-7,10,12,16,22-23H,8-9,11,13-15H2,1H3,(H,27,29)(H,28,32)(H,30,33)/t22-,23-/m0/s1. The molecule has 182 valence electrons. The van der Waals surface area contributed by atoms with Gasteiger partial charge in [-0.1, -0.05) is 18.2 Å². The third-order valence-corrected chi connectivity index (χ3v) is 6.41. The van der Waals surface area contributed by atoms with E-state index >= 15 is 0 Å². The zero-order valence-corrected chi connectivity index (χ0v) is 19.6. The van der Waals surface area contributed by atoms with Crippen molar-refractivity contribution in [2.75, 3.05) is 19.7 Å². The van der Waals surface area contributed by atoms with Crippen LogP contribution in [0.1, 0.15) is 33.6 Å². The van der Waals surface area contributed by atoms with Crippen molar-refractivity contribution < 1.29 is 19.1 Å². The number of fused-ring (bicyclic) bond motifs is 7. The van der Waals surface area contributed by atoms with Gasteiger partial charge in [-0.05, 0) is 48.7 Å². The summed E-state index contributed by atoms with van der Waals surface area (Å²) < 4.78 is 12.1. The maximum absolute atomic E-state index is 13.3. The average Bonchev–Trinajstić information content (AvgIpc) is 3.37. The van der Waals surface area contributed by atoms with Crippen LogP contribution in [0.3, 0.4) is 0 Å². The van der Waals surface area contributed by atoms with Crippen LogP contribution < -0.4 is 20.1 Å². The maximum Gasteiger partial charge on any atom is 0.258 e.